The molecule has 0 fully saturated rings. The Kier molecular flexibility index (Phi) is 5.46. The molecule has 0 radical (unpaired) electrons. The van der Waals surface area contributed by atoms with Crippen molar-refractivity contribution in [2.75, 3.05) is 0 Å². The molecule has 0 bridgehead atoms. The van der Waals surface area contributed by atoms with Gasteiger partial charge < -0.3 is 9.47 Å². The predicted molar refractivity (Wildman–Crippen MR) is 82.9 cm³/mol. The third kappa shape index (κ3) is 4.92. The van der Waals surface area contributed by atoms with Crippen LogP contribution in [0.5, 0.6) is 0 Å². The van der Waals surface area contributed by atoms with Gasteiger partial charge in [0.1, 0.15) is 5.82 Å². The number of carbonyl (C=O) groups is 2. The highest BCUT2D eigenvalue weighted by Gasteiger charge is 2.14. The zero-order valence-corrected chi connectivity index (χ0v) is 12.9. The molecule has 1 atom stereocenters. The highest BCUT2D eigenvalue weighted by atomic mass is 19.1. The van der Waals surface area contributed by atoms with Gasteiger partial charge in [-0.15, -0.1) is 0 Å². The predicted octanol–water partition coefficient (Wildman–Crippen LogP) is 3.49. The van der Waals surface area contributed by atoms with E-state index in [1.165, 1.54) is 19.9 Å². The van der Waals surface area contributed by atoms with E-state index in [0.717, 1.165) is 5.56 Å². The van der Waals surface area contributed by atoms with Crippen LogP contribution < -0.4 is 0 Å². The summed E-state index contributed by atoms with van der Waals surface area (Å²) in [5.74, 6) is -1.54. The molecule has 1 unspecified atom stereocenters. The number of benzene rings is 2. The molecule has 23 heavy (non-hydrogen) atoms. The number of hydrogen-bond acceptors (Lipinski definition) is 4. The van der Waals surface area contributed by atoms with Gasteiger partial charge in [0.15, 0.2) is 0 Å². The Morgan fingerprint density at radius 2 is 1.78 bits per heavy atom. The standard InChI is InChI=1S/C18H17FO4/c1-12(20)22-13(2)23-18(21)11-14-8-9-16(17(19)10-14)15-6-4-3-5-7-15/h3-10,13H,11H2,1-2H3. The lowest BCUT2D eigenvalue weighted by Gasteiger charge is -2.13. The van der Waals surface area contributed by atoms with Crippen molar-refractivity contribution in [2.24, 2.45) is 0 Å². The van der Waals surface area contributed by atoms with E-state index in [9.17, 15) is 14.0 Å². The lowest BCUT2D eigenvalue weighted by atomic mass is 10.0. The molecular formula is C18H17FO4. The smallest absolute Gasteiger partial charge is 0.313 e. The van der Waals surface area contributed by atoms with Crippen molar-refractivity contribution in [1.82, 2.24) is 0 Å². The molecule has 0 aromatic heterocycles. The fraction of sp³-hybridized carbons (Fsp3) is 0.222. The molecule has 0 N–H and O–H groups in total. The van der Waals surface area contributed by atoms with Crippen molar-refractivity contribution in [3.05, 3.63) is 59.9 Å². The lowest BCUT2D eigenvalue weighted by Crippen LogP contribution is -2.21. The van der Waals surface area contributed by atoms with Crippen molar-refractivity contribution in [3.8, 4) is 11.1 Å². The molecule has 0 saturated carbocycles. The summed E-state index contributed by atoms with van der Waals surface area (Å²) in [6.45, 7) is 2.67. The van der Waals surface area contributed by atoms with Gasteiger partial charge in [-0.25, -0.2) is 4.39 Å². The quantitative estimate of drug-likeness (QED) is 0.626. The van der Waals surface area contributed by atoms with Gasteiger partial charge in [-0.3, -0.25) is 9.59 Å². The van der Waals surface area contributed by atoms with Crippen LogP contribution in [0, 0.1) is 5.82 Å². The molecule has 2 aromatic carbocycles. The van der Waals surface area contributed by atoms with E-state index < -0.39 is 24.0 Å². The summed E-state index contributed by atoms with van der Waals surface area (Å²) in [7, 11) is 0. The maximum atomic E-state index is 14.2. The number of hydrogen-bond donors (Lipinski definition) is 0. The largest absolute Gasteiger partial charge is 0.426 e. The van der Waals surface area contributed by atoms with Crippen LogP contribution in [0.1, 0.15) is 19.4 Å². The molecule has 120 valence electrons. The summed E-state index contributed by atoms with van der Waals surface area (Å²) < 4.78 is 23.8. The molecule has 2 rings (SSSR count). The van der Waals surface area contributed by atoms with Crippen LogP contribution in [0.15, 0.2) is 48.5 Å². The number of esters is 2. The van der Waals surface area contributed by atoms with Gasteiger partial charge in [0, 0.05) is 19.4 Å². The second-order valence-electron chi connectivity index (χ2n) is 5.02. The highest BCUT2D eigenvalue weighted by Crippen LogP contribution is 2.23. The van der Waals surface area contributed by atoms with E-state index in [1.807, 2.05) is 30.3 Å². The van der Waals surface area contributed by atoms with Crippen LogP contribution in [0.25, 0.3) is 11.1 Å². The zero-order valence-electron chi connectivity index (χ0n) is 12.9. The highest BCUT2D eigenvalue weighted by molar-refractivity contribution is 5.74. The Labute approximate surface area is 133 Å². The van der Waals surface area contributed by atoms with Crippen molar-refractivity contribution >= 4 is 11.9 Å². The Bertz CT molecular complexity index is 697. The first-order chi connectivity index (χ1) is 11.0. The first kappa shape index (κ1) is 16.7. The fourth-order valence-corrected chi connectivity index (χ4v) is 2.17. The maximum absolute atomic E-state index is 14.2. The summed E-state index contributed by atoms with van der Waals surface area (Å²) in [4.78, 5) is 22.5. The summed E-state index contributed by atoms with van der Waals surface area (Å²) in [5.41, 5.74) is 1.72. The molecule has 4 nitrogen and oxygen atoms in total. The Morgan fingerprint density at radius 1 is 1.09 bits per heavy atom. The minimum absolute atomic E-state index is 0.0996. The monoisotopic (exact) mass is 316 g/mol. The van der Waals surface area contributed by atoms with Gasteiger partial charge in [0.25, 0.3) is 0 Å². The van der Waals surface area contributed by atoms with E-state index >= 15 is 0 Å². The second kappa shape index (κ2) is 7.54. The van der Waals surface area contributed by atoms with E-state index in [-0.39, 0.29) is 6.42 Å². The van der Waals surface area contributed by atoms with Crippen LogP contribution in [-0.2, 0) is 25.5 Å². The summed E-state index contributed by atoms with van der Waals surface area (Å²) in [5, 5.41) is 0. The minimum atomic E-state index is -0.964. The first-order valence-electron chi connectivity index (χ1n) is 7.16. The zero-order chi connectivity index (χ0) is 16.8. The number of ether oxygens (including phenoxy) is 2. The molecule has 2 aromatic rings. The van der Waals surface area contributed by atoms with E-state index in [4.69, 9.17) is 9.47 Å². The Hall–Kier alpha value is -2.69. The summed E-state index contributed by atoms with van der Waals surface area (Å²) >= 11 is 0. The molecule has 0 amide bonds. The van der Waals surface area contributed by atoms with Crippen LogP contribution in [-0.4, -0.2) is 18.2 Å². The molecule has 0 heterocycles. The number of rotatable bonds is 5. The molecule has 0 saturated heterocycles. The van der Waals surface area contributed by atoms with E-state index in [1.54, 1.807) is 12.1 Å². The van der Waals surface area contributed by atoms with Gasteiger partial charge >= 0.3 is 11.9 Å². The Morgan fingerprint density at radius 3 is 2.39 bits per heavy atom. The lowest BCUT2D eigenvalue weighted by molar-refractivity contribution is -0.182. The van der Waals surface area contributed by atoms with Crippen molar-refractivity contribution in [1.29, 1.82) is 0 Å². The maximum Gasteiger partial charge on any atom is 0.313 e. The second-order valence-corrected chi connectivity index (χ2v) is 5.02. The van der Waals surface area contributed by atoms with Crippen LogP contribution in [0.3, 0.4) is 0 Å². The van der Waals surface area contributed by atoms with Crippen molar-refractivity contribution < 1.29 is 23.5 Å². The van der Waals surface area contributed by atoms with Crippen LogP contribution in [0.2, 0.25) is 0 Å². The third-order valence-electron chi connectivity index (χ3n) is 3.10. The van der Waals surface area contributed by atoms with Crippen LogP contribution >= 0.6 is 0 Å². The van der Waals surface area contributed by atoms with Crippen molar-refractivity contribution in [3.63, 3.8) is 0 Å². The van der Waals surface area contributed by atoms with Crippen molar-refractivity contribution in [2.45, 2.75) is 26.6 Å². The van der Waals surface area contributed by atoms with Crippen LogP contribution in [0.4, 0.5) is 4.39 Å². The van der Waals surface area contributed by atoms with E-state index in [2.05, 4.69) is 0 Å². The van der Waals surface area contributed by atoms with Gasteiger partial charge in [-0.2, -0.15) is 0 Å². The summed E-state index contributed by atoms with van der Waals surface area (Å²) in [6, 6.07) is 13.7. The molecule has 0 aliphatic rings. The van der Waals surface area contributed by atoms with Gasteiger partial charge in [0.2, 0.25) is 6.29 Å². The summed E-state index contributed by atoms with van der Waals surface area (Å²) in [6.07, 6.45) is -1.06. The average molecular weight is 316 g/mol. The molecule has 0 aliphatic carbocycles. The number of carbonyl (C=O) groups excluding carboxylic acids is 2. The molecule has 5 heteroatoms. The third-order valence-corrected chi connectivity index (χ3v) is 3.10. The topological polar surface area (TPSA) is 52.6 Å². The molecule has 0 spiro atoms. The normalized spacial score (nSPS) is 11.6. The minimum Gasteiger partial charge on any atom is -0.426 e. The van der Waals surface area contributed by atoms with Gasteiger partial charge in [-0.1, -0.05) is 42.5 Å². The SMILES string of the molecule is CC(=O)OC(C)OC(=O)Cc1ccc(-c2ccccc2)c(F)c1. The first-order valence-corrected chi connectivity index (χ1v) is 7.16. The van der Waals surface area contributed by atoms with E-state index in [0.29, 0.717) is 11.1 Å². The Balaban J connectivity index is 2.03. The number of halogens is 1. The van der Waals surface area contributed by atoms with Gasteiger partial charge in [0.05, 0.1) is 6.42 Å². The fourth-order valence-electron chi connectivity index (χ4n) is 2.17. The van der Waals surface area contributed by atoms with Gasteiger partial charge in [-0.05, 0) is 17.2 Å². The molecule has 0 aliphatic heterocycles. The molecular weight excluding hydrogens is 299 g/mol. The average Bonchev–Trinajstić information content (AvgIpc) is 2.47.